The van der Waals surface area contributed by atoms with Crippen LogP contribution in [0.1, 0.15) is 73.8 Å². The van der Waals surface area contributed by atoms with Gasteiger partial charge in [-0.15, -0.1) is 0 Å². The van der Waals surface area contributed by atoms with Crippen molar-refractivity contribution >= 4 is 17.7 Å². The minimum Gasteiger partial charge on any atom is -0.446 e. The molecule has 2 aromatic rings. The molecule has 0 aliphatic carbocycles. The number of carbonyl (C=O) groups excluding carboxylic acids is 2. The second-order valence-corrected chi connectivity index (χ2v) is 10.1. The van der Waals surface area contributed by atoms with Crippen LogP contribution in [-0.4, -0.2) is 30.7 Å². The molecular formula is C27H27F9N2O3. The van der Waals surface area contributed by atoms with E-state index < -0.39 is 83.3 Å². The molecule has 5 nitrogen and oxygen atoms in total. The Balaban J connectivity index is 2.30. The maximum absolute atomic E-state index is 13.7. The molecule has 1 aliphatic heterocycles. The van der Waals surface area contributed by atoms with E-state index in [1.807, 2.05) is 0 Å². The fraction of sp³-hybridized carbons (Fsp3) is 0.481. The zero-order chi connectivity index (χ0) is 31.1. The molecule has 0 bridgehead atoms. The Morgan fingerprint density at radius 3 is 1.90 bits per heavy atom. The van der Waals surface area contributed by atoms with Crippen LogP contribution in [0.15, 0.2) is 36.4 Å². The summed E-state index contributed by atoms with van der Waals surface area (Å²) in [5.41, 5.74) is -5.01. The van der Waals surface area contributed by atoms with E-state index in [9.17, 15) is 49.1 Å². The van der Waals surface area contributed by atoms with Crippen molar-refractivity contribution in [2.24, 2.45) is 0 Å². The lowest BCUT2D eigenvalue weighted by molar-refractivity contribution is -0.143. The molecule has 226 valence electrons. The monoisotopic (exact) mass is 598 g/mol. The van der Waals surface area contributed by atoms with E-state index in [0.717, 1.165) is 30.0 Å². The van der Waals surface area contributed by atoms with Crippen LogP contribution in [0.3, 0.4) is 0 Å². The predicted molar refractivity (Wildman–Crippen MR) is 130 cm³/mol. The van der Waals surface area contributed by atoms with E-state index in [4.69, 9.17) is 4.74 Å². The average Bonchev–Trinajstić information content (AvgIpc) is 2.81. The van der Waals surface area contributed by atoms with Gasteiger partial charge < -0.3 is 10.1 Å². The second-order valence-electron chi connectivity index (χ2n) is 10.1. The van der Waals surface area contributed by atoms with Gasteiger partial charge in [-0.1, -0.05) is 0 Å². The molecule has 1 N–H and O–H groups in total. The molecule has 0 aromatic heterocycles. The molecule has 0 radical (unpaired) electrons. The van der Waals surface area contributed by atoms with Crippen molar-refractivity contribution in [3.05, 3.63) is 64.2 Å². The van der Waals surface area contributed by atoms with Gasteiger partial charge in [0.1, 0.15) is 0 Å². The van der Waals surface area contributed by atoms with E-state index >= 15 is 0 Å². The van der Waals surface area contributed by atoms with E-state index in [2.05, 4.69) is 5.32 Å². The zero-order valence-electron chi connectivity index (χ0n) is 22.3. The molecule has 1 heterocycles. The number of carbonyl (C=O) groups is 2. The first-order chi connectivity index (χ1) is 18.7. The Labute approximate surface area is 229 Å². The van der Waals surface area contributed by atoms with Crippen LogP contribution in [0.2, 0.25) is 0 Å². The summed E-state index contributed by atoms with van der Waals surface area (Å²) in [6, 6.07) is 2.62. The minimum absolute atomic E-state index is 0.0387. The Morgan fingerprint density at radius 1 is 0.902 bits per heavy atom. The van der Waals surface area contributed by atoms with Gasteiger partial charge in [0, 0.05) is 25.4 Å². The van der Waals surface area contributed by atoms with E-state index in [0.29, 0.717) is 12.1 Å². The molecule has 0 spiro atoms. The molecule has 1 aliphatic rings. The number of alkyl halides is 9. The van der Waals surface area contributed by atoms with Crippen molar-refractivity contribution < 1.29 is 53.8 Å². The maximum atomic E-state index is 13.7. The summed E-state index contributed by atoms with van der Waals surface area (Å²) in [7, 11) is 0. The van der Waals surface area contributed by atoms with Crippen LogP contribution in [-0.2, 0) is 28.1 Å². The topological polar surface area (TPSA) is 58.6 Å². The molecule has 14 heteroatoms. The van der Waals surface area contributed by atoms with Crippen LogP contribution >= 0.6 is 0 Å². The largest absolute Gasteiger partial charge is 0.446 e. The maximum Gasteiger partial charge on any atom is 0.416 e. The molecule has 3 rings (SSSR count). The van der Waals surface area contributed by atoms with Gasteiger partial charge in [-0.2, -0.15) is 39.5 Å². The third kappa shape index (κ3) is 7.45. The number of fused-ring (bicyclic) bond motifs is 1. The fourth-order valence-corrected chi connectivity index (χ4v) is 4.94. The van der Waals surface area contributed by atoms with Gasteiger partial charge in [0.05, 0.1) is 28.5 Å². The molecule has 0 fully saturated rings. The van der Waals surface area contributed by atoms with Gasteiger partial charge in [-0.05, 0) is 80.6 Å². The highest BCUT2D eigenvalue weighted by molar-refractivity contribution is 5.90. The first-order valence-corrected chi connectivity index (χ1v) is 12.4. The number of hydrogen-bond donors (Lipinski definition) is 1. The number of anilines is 1. The number of ether oxygens (including phenoxy) is 1. The summed E-state index contributed by atoms with van der Waals surface area (Å²) in [6.45, 7) is 5.22. The van der Waals surface area contributed by atoms with Crippen LogP contribution in [0, 0.1) is 0 Å². The normalized spacial score (nSPS) is 18.6. The fourth-order valence-electron chi connectivity index (χ4n) is 4.94. The van der Waals surface area contributed by atoms with Gasteiger partial charge in [-0.25, -0.2) is 4.79 Å². The summed E-state index contributed by atoms with van der Waals surface area (Å²) in [4.78, 5) is 25.8. The highest BCUT2D eigenvalue weighted by Crippen LogP contribution is 2.49. The Hall–Kier alpha value is -3.45. The number of amides is 2. The number of hydrogen-bond acceptors (Lipinski definition) is 3. The predicted octanol–water partition coefficient (Wildman–Crippen LogP) is 7.89. The third-order valence-electron chi connectivity index (χ3n) is 6.68. The molecular weight excluding hydrogens is 571 g/mol. The van der Waals surface area contributed by atoms with Crippen LogP contribution in [0.5, 0.6) is 0 Å². The number of halogens is 9. The minimum atomic E-state index is -5.17. The highest BCUT2D eigenvalue weighted by atomic mass is 19.4. The second kappa shape index (κ2) is 11.4. The molecule has 3 unspecified atom stereocenters. The van der Waals surface area contributed by atoms with E-state index in [1.54, 1.807) is 13.8 Å². The van der Waals surface area contributed by atoms with Gasteiger partial charge >= 0.3 is 24.6 Å². The van der Waals surface area contributed by atoms with Crippen molar-refractivity contribution in [3.63, 3.8) is 0 Å². The van der Waals surface area contributed by atoms with Crippen LogP contribution in [0.25, 0.3) is 0 Å². The van der Waals surface area contributed by atoms with Crippen molar-refractivity contribution in [1.29, 1.82) is 0 Å². The Morgan fingerprint density at radius 2 is 1.44 bits per heavy atom. The van der Waals surface area contributed by atoms with Gasteiger partial charge in [0.25, 0.3) is 0 Å². The first-order valence-electron chi connectivity index (χ1n) is 12.4. The summed E-state index contributed by atoms with van der Waals surface area (Å²) >= 11 is 0. The van der Waals surface area contributed by atoms with Crippen molar-refractivity contribution in [3.8, 4) is 0 Å². The SMILES string of the molecule is CC(=O)NCC(c1cc(C(F)(F)F)cc(C(F)(F)F)c1)C1CC(C)N(C(=O)OC(C)C)c2ccc(C(F)(F)F)cc21. The van der Waals surface area contributed by atoms with Crippen molar-refractivity contribution in [1.82, 2.24) is 5.32 Å². The number of benzene rings is 2. The molecule has 2 amide bonds. The van der Waals surface area contributed by atoms with Gasteiger partial charge in [-0.3, -0.25) is 9.69 Å². The summed E-state index contributed by atoms with van der Waals surface area (Å²) in [5, 5.41) is 2.38. The summed E-state index contributed by atoms with van der Waals surface area (Å²) in [6.07, 6.45) is -16.8. The number of nitrogens with zero attached hydrogens (tertiary/aromatic N) is 1. The van der Waals surface area contributed by atoms with Crippen molar-refractivity contribution in [2.75, 3.05) is 11.4 Å². The van der Waals surface area contributed by atoms with Gasteiger partial charge in [0.2, 0.25) is 5.91 Å². The lowest BCUT2D eigenvalue weighted by Crippen LogP contribution is -2.46. The first kappa shape index (κ1) is 32.1. The molecule has 0 saturated carbocycles. The summed E-state index contributed by atoms with van der Waals surface area (Å²) in [5.74, 6) is -3.13. The van der Waals surface area contributed by atoms with Crippen LogP contribution in [0.4, 0.5) is 50.0 Å². The smallest absolute Gasteiger partial charge is 0.416 e. The van der Waals surface area contributed by atoms with Crippen molar-refractivity contribution in [2.45, 2.75) is 76.6 Å². The average molecular weight is 599 g/mol. The zero-order valence-corrected chi connectivity index (χ0v) is 22.3. The summed E-state index contributed by atoms with van der Waals surface area (Å²) < 4.78 is 128. The molecule has 3 atom stereocenters. The van der Waals surface area contributed by atoms with E-state index in [-0.39, 0.29) is 23.7 Å². The van der Waals surface area contributed by atoms with Gasteiger partial charge in [0.15, 0.2) is 0 Å². The number of nitrogens with one attached hydrogen (secondary N) is 1. The lowest BCUT2D eigenvalue weighted by atomic mass is 9.74. The molecule has 41 heavy (non-hydrogen) atoms. The standard InChI is InChI=1S/C27H27F9N2O3/c1-13(2)41-24(40)38-14(3)7-20(21-11-17(25(28,29)30)5-6-23(21)38)22(12-37-15(4)39)16-8-18(26(31,32)33)10-19(9-16)27(34,35)36/h5-6,8-11,13-14,20,22H,7,12H2,1-4H3,(H,37,39). The molecule has 0 saturated heterocycles. The highest BCUT2D eigenvalue weighted by Gasteiger charge is 2.43. The van der Waals surface area contributed by atoms with E-state index in [1.165, 1.54) is 6.92 Å². The van der Waals surface area contributed by atoms with Crippen LogP contribution < -0.4 is 10.2 Å². The number of rotatable bonds is 5. The Bertz CT molecular complexity index is 1250. The lowest BCUT2D eigenvalue weighted by Gasteiger charge is -2.42. The quantitative estimate of drug-likeness (QED) is 0.356. The Kier molecular flexibility index (Phi) is 8.95. The third-order valence-corrected chi connectivity index (χ3v) is 6.68. The molecule has 2 aromatic carbocycles.